The SMILES string of the molecule is C[C@H](CC(=O)c1ccc2c(n1)N(C(=O)Nc1cc(-c3cnco3)ccn1)[C@H]1CCN2C1)C(F)(F)F. The number of nitrogens with one attached hydrogen (secondary N) is 1. The standard InChI is InChI=1S/C23H21F3N6O3/c1-13(23(24,25)26)8-18(33)16-2-3-17-21(29-16)32(15-5-7-31(17)11-15)22(34)30-20-9-14(4-6-28-20)19-10-27-12-35-19/h2-4,6,9-10,12-13,15H,5,7-8,11H2,1H3,(H,28,30,34)/t13-,15+/m1/s1. The summed E-state index contributed by atoms with van der Waals surface area (Å²) in [6, 6.07) is 5.70. The second kappa shape index (κ2) is 8.67. The smallest absolute Gasteiger partial charge is 0.391 e. The summed E-state index contributed by atoms with van der Waals surface area (Å²) in [5, 5.41) is 2.76. The van der Waals surface area contributed by atoms with Gasteiger partial charge in [-0.05, 0) is 30.7 Å². The van der Waals surface area contributed by atoms with Gasteiger partial charge in [-0.2, -0.15) is 13.2 Å². The molecule has 2 bridgehead atoms. The molecule has 2 aliphatic rings. The van der Waals surface area contributed by atoms with E-state index in [9.17, 15) is 22.8 Å². The summed E-state index contributed by atoms with van der Waals surface area (Å²) in [5.41, 5.74) is 1.21. The van der Waals surface area contributed by atoms with Gasteiger partial charge in [0.1, 0.15) is 11.5 Å². The molecular formula is C23H21F3N6O3. The zero-order valence-electron chi connectivity index (χ0n) is 18.6. The Morgan fingerprint density at radius 3 is 2.86 bits per heavy atom. The Balaban J connectivity index is 1.42. The minimum Gasteiger partial charge on any atom is -0.444 e. The molecule has 3 aromatic rings. The largest absolute Gasteiger partial charge is 0.444 e. The molecule has 3 aromatic heterocycles. The average Bonchev–Trinajstić information content (AvgIpc) is 3.50. The van der Waals surface area contributed by atoms with Crippen LogP contribution in [0.3, 0.4) is 0 Å². The fourth-order valence-corrected chi connectivity index (χ4v) is 4.31. The van der Waals surface area contributed by atoms with Gasteiger partial charge < -0.3 is 9.32 Å². The predicted molar refractivity (Wildman–Crippen MR) is 120 cm³/mol. The van der Waals surface area contributed by atoms with Gasteiger partial charge in [0.2, 0.25) is 0 Å². The van der Waals surface area contributed by atoms with E-state index in [1.807, 2.05) is 4.90 Å². The number of fused-ring (bicyclic) bond motifs is 4. The fourth-order valence-electron chi connectivity index (χ4n) is 4.31. The Labute approximate surface area is 198 Å². The number of carbonyl (C=O) groups is 2. The van der Waals surface area contributed by atoms with Crippen molar-refractivity contribution in [3.8, 4) is 11.3 Å². The predicted octanol–water partition coefficient (Wildman–Crippen LogP) is 4.53. The van der Waals surface area contributed by atoms with Gasteiger partial charge in [0.25, 0.3) is 0 Å². The summed E-state index contributed by atoms with van der Waals surface area (Å²) in [5.74, 6) is -1.50. The molecule has 0 spiro atoms. The number of carbonyl (C=O) groups excluding carboxylic acids is 2. The Kier molecular flexibility index (Phi) is 5.65. The van der Waals surface area contributed by atoms with Crippen molar-refractivity contribution in [3.05, 3.63) is 48.7 Å². The number of oxazole rings is 1. The van der Waals surface area contributed by atoms with E-state index in [-0.39, 0.29) is 23.4 Å². The van der Waals surface area contributed by atoms with Gasteiger partial charge in [0.15, 0.2) is 23.8 Å². The second-order valence-corrected chi connectivity index (χ2v) is 8.59. The summed E-state index contributed by atoms with van der Waals surface area (Å²) >= 11 is 0. The van der Waals surface area contributed by atoms with Gasteiger partial charge in [-0.3, -0.25) is 15.0 Å². The molecule has 5 rings (SSSR count). The van der Waals surface area contributed by atoms with E-state index in [1.54, 1.807) is 18.2 Å². The quantitative estimate of drug-likeness (QED) is 0.528. The molecule has 0 aliphatic carbocycles. The minimum absolute atomic E-state index is 0.106. The monoisotopic (exact) mass is 486 g/mol. The number of anilines is 3. The Hall–Kier alpha value is -3.96. The number of aromatic nitrogens is 3. The number of Topliss-reactive ketones (excluding diaryl/α,β-unsaturated/α-hetero) is 1. The lowest BCUT2D eigenvalue weighted by Crippen LogP contribution is -2.48. The average molecular weight is 486 g/mol. The normalized spacial score (nSPS) is 17.8. The van der Waals surface area contributed by atoms with Crippen LogP contribution in [-0.2, 0) is 0 Å². The first-order valence-corrected chi connectivity index (χ1v) is 11.0. The highest BCUT2D eigenvalue weighted by molar-refractivity contribution is 6.05. The highest BCUT2D eigenvalue weighted by atomic mass is 19.4. The number of rotatable bonds is 5. The molecule has 0 unspecified atom stereocenters. The number of urea groups is 1. The van der Waals surface area contributed by atoms with Gasteiger partial charge in [-0.25, -0.2) is 19.7 Å². The van der Waals surface area contributed by atoms with E-state index < -0.39 is 30.3 Å². The molecule has 2 amide bonds. The Morgan fingerprint density at radius 2 is 2.11 bits per heavy atom. The zero-order chi connectivity index (χ0) is 24.7. The second-order valence-electron chi connectivity index (χ2n) is 8.59. The molecule has 2 atom stereocenters. The third-order valence-electron chi connectivity index (χ3n) is 6.22. The number of hydrogen-bond donors (Lipinski definition) is 1. The molecule has 35 heavy (non-hydrogen) atoms. The molecular weight excluding hydrogens is 465 g/mol. The van der Waals surface area contributed by atoms with Crippen LogP contribution in [-0.4, -0.2) is 52.1 Å². The van der Waals surface area contributed by atoms with Crippen LogP contribution in [0.1, 0.15) is 30.3 Å². The lowest BCUT2D eigenvalue weighted by molar-refractivity contribution is -0.168. The number of alkyl halides is 3. The molecule has 1 saturated heterocycles. The van der Waals surface area contributed by atoms with Gasteiger partial charge in [0.05, 0.1) is 23.8 Å². The van der Waals surface area contributed by atoms with Crippen molar-refractivity contribution >= 4 is 29.1 Å². The maximum absolute atomic E-state index is 13.4. The van der Waals surface area contributed by atoms with Crippen molar-refractivity contribution in [1.29, 1.82) is 0 Å². The lowest BCUT2D eigenvalue weighted by Gasteiger charge is -2.35. The van der Waals surface area contributed by atoms with Crippen molar-refractivity contribution in [3.63, 3.8) is 0 Å². The van der Waals surface area contributed by atoms with Crippen molar-refractivity contribution in [2.45, 2.75) is 32.0 Å². The van der Waals surface area contributed by atoms with Gasteiger partial charge in [-0.15, -0.1) is 0 Å². The first-order valence-electron chi connectivity index (χ1n) is 11.0. The maximum Gasteiger partial charge on any atom is 0.391 e. The van der Waals surface area contributed by atoms with Crippen LogP contribution in [0.5, 0.6) is 0 Å². The van der Waals surface area contributed by atoms with Crippen LogP contribution in [0, 0.1) is 5.92 Å². The maximum atomic E-state index is 13.4. The highest BCUT2D eigenvalue weighted by Gasteiger charge is 2.41. The number of amides is 2. The molecule has 12 heteroatoms. The Bertz CT molecular complexity index is 1260. The van der Waals surface area contributed by atoms with Crippen LogP contribution in [0.4, 0.5) is 35.3 Å². The molecule has 0 radical (unpaired) electrons. The first kappa shape index (κ1) is 22.8. The summed E-state index contributed by atoms with van der Waals surface area (Å²) in [6.07, 6.45) is -0.155. The molecule has 182 valence electrons. The van der Waals surface area contributed by atoms with E-state index in [4.69, 9.17) is 4.42 Å². The van der Waals surface area contributed by atoms with Gasteiger partial charge in [-0.1, -0.05) is 6.92 Å². The number of hydrogen-bond acceptors (Lipinski definition) is 7. The molecule has 5 heterocycles. The van der Waals surface area contributed by atoms with Crippen LogP contribution in [0.2, 0.25) is 0 Å². The number of nitrogens with zero attached hydrogens (tertiary/aromatic N) is 5. The van der Waals surface area contributed by atoms with Gasteiger partial charge in [0, 0.05) is 31.3 Å². The first-order chi connectivity index (χ1) is 16.7. The Morgan fingerprint density at radius 1 is 1.29 bits per heavy atom. The number of ketones is 1. The van der Waals surface area contributed by atoms with Crippen molar-refractivity contribution in [1.82, 2.24) is 15.0 Å². The third-order valence-corrected chi connectivity index (χ3v) is 6.22. The lowest BCUT2D eigenvalue weighted by atomic mass is 10.0. The molecule has 1 N–H and O–H groups in total. The number of halogens is 3. The van der Waals surface area contributed by atoms with E-state index in [0.29, 0.717) is 36.5 Å². The van der Waals surface area contributed by atoms with E-state index in [2.05, 4.69) is 20.3 Å². The molecule has 1 fully saturated rings. The van der Waals surface area contributed by atoms with E-state index >= 15 is 0 Å². The number of pyridine rings is 2. The van der Waals surface area contributed by atoms with Gasteiger partial charge >= 0.3 is 12.2 Å². The van der Waals surface area contributed by atoms with Crippen LogP contribution >= 0.6 is 0 Å². The summed E-state index contributed by atoms with van der Waals surface area (Å²) < 4.78 is 44.1. The fraction of sp³-hybridized carbons (Fsp3) is 0.348. The molecule has 9 nitrogen and oxygen atoms in total. The molecule has 2 aliphatic heterocycles. The zero-order valence-corrected chi connectivity index (χ0v) is 18.6. The van der Waals surface area contributed by atoms with Crippen molar-refractivity contribution in [2.75, 3.05) is 28.2 Å². The highest BCUT2D eigenvalue weighted by Crippen LogP contribution is 2.39. The summed E-state index contributed by atoms with van der Waals surface area (Å²) in [7, 11) is 0. The summed E-state index contributed by atoms with van der Waals surface area (Å²) in [6.45, 7) is 2.24. The van der Waals surface area contributed by atoms with E-state index in [0.717, 1.165) is 6.92 Å². The van der Waals surface area contributed by atoms with Crippen LogP contribution in [0.25, 0.3) is 11.3 Å². The van der Waals surface area contributed by atoms with Crippen molar-refractivity contribution in [2.24, 2.45) is 5.92 Å². The van der Waals surface area contributed by atoms with Crippen LogP contribution in [0.15, 0.2) is 47.5 Å². The molecule has 0 saturated carbocycles. The van der Waals surface area contributed by atoms with Crippen molar-refractivity contribution < 1.29 is 27.2 Å². The summed E-state index contributed by atoms with van der Waals surface area (Å²) in [4.78, 5) is 41.9. The van der Waals surface area contributed by atoms with Crippen LogP contribution < -0.4 is 15.1 Å². The third kappa shape index (κ3) is 4.43. The van der Waals surface area contributed by atoms with E-state index in [1.165, 1.54) is 29.8 Å². The molecule has 0 aromatic carbocycles. The topological polar surface area (TPSA) is 104 Å². The minimum atomic E-state index is -4.48.